The van der Waals surface area contributed by atoms with E-state index in [1.54, 1.807) is 7.11 Å². The van der Waals surface area contributed by atoms with E-state index in [0.29, 0.717) is 5.41 Å². The smallest absolute Gasteiger partial charge is 0.211 e. The lowest BCUT2D eigenvalue weighted by molar-refractivity contribution is -0.105. The predicted molar refractivity (Wildman–Crippen MR) is 82.5 cm³/mol. The number of anilines is 1. The summed E-state index contributed by atoms with van der Waals surface area (Å²) in [5, 5.41) is 2.80. The number of methoxy groups -OCH3 is 1. The standard InChI is InChI=1S/C18H23NO2/c1-21-17-3-2-15(19-11-20)7-16(17)18-8-12-4-13(9-18)6-14(5-12)10-18/h2-3,7,11-14H,4-6,8-10H2,1H3,(H,19,20). The fourth-order valence-corrected chi connectivity index (χ4v) is 5.72. The second-order valence-corrected chi connectivity index (χ2v) is 7.38. The normalized spacial score (nSPS) is 36.5. The van der Waals surface area contributed by atoms with Crippen LogP contribution >= 0.6 is 0 Å². The average molecular weight is 285 g/mol. The molecule has 21 heavy (non-hydrogen) atoms. The van der Waals surface area contributed by atoms with Gasteiger partial charge in [0.1, 0.15) is 5.75 Å². The summed E-state index contributed by atoms with van der Waals surface area (Å²) in [6, 6.07) is 6.09. The molecule has 0 spiro atoms. The van der Waals surface area contributed by atoms with Crippen LogP contribution in [-0.2, 0) is 10.2 Å². The molecule has 0 saturated heterocycles. The van der Waals surface area contributed by atoms with E-state index >= 15 is 0 Å². The number of amides is 1. The average Bonchev–Trinajstić information content (AvgIpc) is 2.46. The molecule has 3 nitrogen and oxygen atoms in total. The number of carbonyl (C=O) groups is 1. The van der Waals surface area contributed by atoms with Crippen LogP contribution in [0.1, 0.15) is 44.1 Å². The highest BCUT2D eigenvalue weighted by Gasteiger charge is 2.52. The molecule has 0 unspecified atom stereocenters. The van der Waals surface area contributed by atoms with Gasteiger partial charge < -0.3 is 10.1 Å². The van der Waals surface area contributed by atoms with E-state index in [-0.39, 0.29) is 0 Å². The van der Waals surface area contributed by atoms with Crippen LogP contribution in [0.2, 0.25) is 0 Å². The van der Waals surface area contributed by atoms with Gasteiger partial charge in [0.05, 0.1) is 7.11 Å². The zero-order valence-corrected chi connectivity index (χ0v) is 12.6. The zero-order valence-electron chi connectivity index (χ0n) is 12.6. The van der Waals surface area contributed by atoms with Crippen molar-refractivity contribution in [1.82, 2.24) is 0 Å². The summed E-state index contributed by atoms with van der Waals surface area (Å²) < 4.78 is 5.65. The lowest BCUT2D eigenvalue weighted by Crippen LogP contribution is -2.48. The number of hydrogen-bond acceptors (Lipinski definition) is 2. The maximum Gasteiger partial charge on any atom is 0.211 e. The number of hydrogen-bond donors (Lipinski definition) is 1. The van der Waals surface area contributed by atoms with Crippen LogP contribution in [0.4, 0.5) is 5.69 Å². The molecule has 1 N–H and O–H groups in total. The van der Waals surface area contributed by atoms with Crippen molar-refractivity contribution >= 4 is 12.1 Å². The fraction of sp³-hybridized carbons (Fsp3) is 0.611. The highest BCUT2D eigenvalue weighted by molar-refractivity contribution is 5.72. The first-order chi connectivity index (χ1) is 10.2. The van der Waals surface area contributed by atoms with Crippen LogP contribution in [0.5, 0.6) is 5.75 Å². The second kappa shape index (κ2) is 4.75. The van der Waals surface area contributed by atoms with Crippen molar-refractivity contribution in [2.24, 2.45) is 17.8 Å². The summed E-state index contributed by atoms with van der Waals surface area (Å²) in [5.74, 6) is 3.71. The Morgan fingerprint density at radius 2 is 1.76 bits per heavy atom. The van der Waals surface area contributed by atoms with Gasteiger partial charge in [0.25, 0.3) is 0 Å². The Bertz CT molecular complexity index is 531. The molecule has 4 saturated carbocycles. The van der Waals surface area contributed by atoms with Crippen LogP contribution in [0.25, 0.3) is 0 Å². The Morgan fingerprint density at radius 3 is 2.29 bits per heavy atom. The van der Waals surface area contributed by atoms with Crippen LogP contribution in [0.15, 0.2) is 18.2 Å². The Labute approximate surface area is 126 Å². The molecule has 3 heteroatoms. The van der Waals surface area contributed by atoms with Gasteiger partial charge in [-0.05, 0) is 79.9 Å². The summed E-state index contributed by atoms with van der Waals surface area (Å²) in [6.07, 6.45) is 8.99. The lowest BCUT2D eigenvalue weighted by Gasteiger charge is -2.57. The summed E-state index contributed by atoms with van der Waals surface area (Å²) >= 11 is 0. The molecular formula is C18H23NO2. The highest BCUT2D eigenvalue weighted by Crippen LogP contribution is 2.62. The van der Waals surface area contributed by atoms with E-state index < -0.39 is 0 Å². The molecule has 1 amide bonds. The lowest BCUT2D eigenvalue weighted by atomic mass is 9.48. The molecule has 112 valence electrons. The van der Waals surface area contributed by atoms with E-state index in [4.69, 9.17) is 4.74 Å². The Balaban J connectivity index is 1.77. The number of nitrogens with one attached hydrogen (secondary N) is 1. The zero-order chi connectivity index (χ0) is 14.4. The van der Waals surface area contributed by atoms with E-state index in [1.165, 1.54) is 44.1 Å². The minimum absolute atomic E-state index is 0.292. The van der Waals surface area contributed by atoms with Gasteiger partial charge in [-0.25, -0.2) is 0 Å². The first-order valence-electron chi connectivity index (χ1n) is 8.11. The van der Waals surface area contributed by atoms with Crippen molar-refractivity contribution in [1.29, 1.82) is 0 Å². The first kappa shape index (κ1) is 13.2. The minimum atomic E-state index is 0.292. The number of carbonyl (C=O) groups excluding carboxylic acids is 1. The van der Waals surface area contributed by atoms with Crippen molar-refractivity contribution in [3.05, 3.63) is 23.8 Å². The first-order valence-corrected chi connectivity index (χ1v) is 8.11. The summed E-state index contributed by atoms with van der Waals surface area (Å²) in [7, 11) is 1.76. The molecule has 4 fully saturated rings. The van der Waals surface area contributed by atoms with Crippen molar-refractivity contribution in [3.63, 3.8) is 0 Å². The summed E-state index contributed by atoms with van der Waals surface area (Å²) in [6.45, 7) is 0. The molecule has 0 heterocycles. The maximum atomic E-state index is 10.7. The highest BCUT2D eigenvalue weighted by atomic mass is 16.5. The molecule has 4 aliphatic rings. The Hall–Kier alpha value is -1.51. The van der Waals surface area contributed by atoms with Crippen LogP contribution in [0, 0.1) is 17.8 Å². The van der Waals surface area contributed by atoms with Gasteiger partial charge in [0.2, 0.25) is 6.41 Å². The van der Waals surface area contributed by atoms with E-state index in [2.05, 4.69) is 11.4 Å². The van der Waals surface area contributed by atoms with Crippen molar-refractivity contribution in [3.8, 4) is 5.75 Å². The van der Waals surface area contributed by atoms with Gasteiger partial charge in [0.15, 0.2) is 0 Å². The summed E-state index contributed by atoms with van der Waals surface area (Å²) in [4.78, 5) is 10.7. The van der Waals surface area contributed by atoms with E-state index in [0.717, 1.165) is 35.6 Å². The Morgan fingerprint density at radius 1 is 1.14 bits per heavy atom. The maximum absolute atomic E-state index is 10.7. The number of benzene rings is 1. The number of ether oxygens (including phenoxy) is 1. The molecule has 0 radical (unpaired) electrons. The molecule has 0 atom stereocenters. The molecule has 1 aromatic carbocycles. The van der Waals surface area contributed by atoms with Gasteiger partial charge in [-0.15, -0.1) is 0 Å². The van der Waals surface area contributed by atoms with E-state index in [1.807, 2.05) is 12.1 Å². The quantitative estimate of drug-likeness (QED) is 0.856. The monoisotopic (exact) mass is 285 g/mol. The molecule has 0 aliphatic heterocycles. The van der Waals surface area contributed by atoms with Gasteiger partial charge >= 0.3 is 0 Å². The molecule has 5 rings (SSSR count). The van der Waals surface area contributed by atoms with Gasteiger partial charge in [0, 0.05) is 11.3 Å². The molecule has 1 aromatic rings. The second-order valence-electron chi connectivity index (χ2n) is 7.38. The van der Waals surface area contributed by atoms with Gasteiger partial charge in [-0.1, -0.05) is 0 Å². The molecular weight excluding hydrogens is 262 g/mol. The largest absolute Gasteiger partial charge is 0.496 e. The Kier molecular flexibility index (Phi) is 2.98. The fourth-order valence-electron chi connectivity index (χ4n) is 5.72. The topological polar surface area (TPSA) is 38.3 Å². The van der Waals surface area contributed by atoms with E-state index in [9.17, 15) is 4.79 Å². The third kappa shape index (κ3) is 2.05. The van der Waals surface area contributed by atoms with Crippen LogP contribution in [0.3, 0.4) is 0 Å². The SMILES string of the molecule is COc1ccc(NC=O)cc1C12CC3CC(CC(C3)C1)C2. The third-order valence-corrected chi connectivity index (χ3v) is 6.03. The molecule has 4 bridgehead atoms. The van der Waals surface area contributed by atoms with Crippen LogP contribution in [-0.4, -0.2) is 13.5 Å². The molecule has 4 aliphatic carbocycles. The van der Waals surface area contributed by atoms with Crippen LogP contribution < -0.4 is 10.1 Å². The van der Waals surface area contributed by atoms with Crippen molar-refractivity contribution < 1.29 is 9.53 Å². The minimum Gasteiger partial charge on any atom is -0.496 e. The predicted octanol–water partition coefficient (Wildman–Crippen LogP) is 3.73. The molecule has 0 aromatic heterocycles. The van der Waals surface area contributed by atoms with Crippen molar-refractivity contribution in [2.75, 3.05) is 12.4 Å². The summed E-state index contributed by atoms with van der Waals surface area (Å²) in [5.41, 5.74) is 2.51. The van der Waals surface area contributed by atoms with Gasteiger partial charge in [-0.3, -0.25) is 4.79 Å². The van der Waals surface area contributed by atoms with Gasteiger partial charge in [-0.2, -0.15) is 0 Å². The third-order valence-electron chi connectivity index (χ3n) is 6.03. The van der Waals surface area contributed by atoms with Crippen molar-refractivity contribution in [2.45, 2.75) is 43.9 Å². The number of rotatable bonds is 4.